The van der Waals surface area contributed by atoms with E-state index in [0.29, 0.717) is 27.7 Å². The molecule has 0 saturated carbocycles. The first-order valence-corrected chi connectivity index (χ1v) is 12.3. The third-order valence-electron chi connectivity index (χ3n) is 7.58. The number of carbonyl (C=O) groups is 1. The average molecular weight is 489 g/mol. The van der Waals surface area contributed by atoms with E-state index in [1.165, 1.54) is 0 Å². The van der Waals surface area contributed by atoms with Crippen LogP contribution < -0.4 is 5.43 Å². The molecule has 176 valence electrons. The van der Waals surface area contributed by atoms with E-state index in [9.17, 15) is 14.9 Å². The summed E-state index contributed by atoms with van der Waals surface area (Å²) in [6.07, 6.45) is 0. The normalized spacial score (nSPS) is 12.3. The highest BCUT2D eigenvalue weighted by atomic mass is 16.3. The third kappa shape index (κ3) is 2.58. The Hall–Kier alpha value is -5.47. The number of benzene rings is 5. The molecule has 5 aromatic carbocycles. The highest BCUT2D eigenvalue weighted by Gasteiger charge is 2.29. The number of aromatic nitrogens is 1. The van der Waals surface area contributed by atoms with Gasteiger partial charge in [0.05, 0.1) is 27.4 Å². The minimum absolute atomic E-state index is 0.126. The zero-order chi connectivity index (χ0) is 25.5. The van der Waals surface area contributed by atoms with Crippen molar-refractivity contribution >= 4 is 49.5 Å². The quantitative estimate of drug-likeness (QED) is 0.230. The maximum Gasteiger partial charge on any atom is 0.201 e. The van der Waals surface area contributed by atoms with Crippen molar-refractivity contribution in [3.05, 3.63) is 124 Å². The summed E-state index contributed by atoms with van der Waals surface area (Å²) in [7, 11) is 0. The van der Waals surface area contributed by atoms with Crippen LogP contribution in [0.2, 0.25) is 0 Å². The van der Waals surface area contributed by atoms with Gasteiger partial charge >= 0.3 is 0 Å². The number of nitrogens with zero attached hydrogens (tertiary/aromatic N) is 2. The second-order valence-corrected chi connectivity index (χ2v) is 9.54. The topological polar surface area (TPSA) is 76.0 Å². The van der Waals surface area contributed by atoms with Crippen LogP contribution in [-0.4, -0.2) is 10.4 Å². The maximum absolute atomic E-state index is 13.5. The lowest BCUT2D eigenvalue weighted by Gasteiger charge is -2.10. The predicted octanol–water partition coefficient (Wildman–Crippen LogP) is 7.13. The molecule has 0 N–H and O–H groups in total. The summed E-state index contributed by atoms with van der Waals surface area (Å²) in [5, 5.41) is 12.4. The van der Waals surface area contributed by atoms with Crippen molar-refractivity contribution in [1.82, 2.24) is 4.57 Å². The summed E-state index contributed by atoms with van der Waals surface area (Å²) < 4.78 is 8.31. The van der Waals surface area contributed by atoms with Crippen molar-refractivity contribution in [3.8, 4) is 22.9 Å². The van der Waals surface area contributed by atoms with Gasteiger partial charge in [-0.3, -0.25) is 9.59 Å². The Labute approximate surface area is 215 Å². The molecule has 1 aliphatic carbocycles. The van der Waals surface area contributed by atoms with Gasteiger partial charge in [-0.1, -0.05) is 42.5 Å². The molecule has 0 unspecified atom stereocenters. The molecule has 5 heteroatoms. The van der Waals surface area contributed by atoms with E-state index in [4.69, 9.17) is 4.42 Å². The minimum Gasteiger partial charge on any atom is -0.456 e. The van der Waals surface area contributed by atoms with E-state index in [1.807, 2.05) is 42.5 Å². The van der Waals surface area contributed by atoms with Gasteiger partial charge in [0.2, 0.25) is 5.43 Å². The lowest BCUT2D eigenvalue weighted by molar-refractivity contribution is 0.104. The van der Waals surface area contributed by atoms with Gasteiger partial charge in [0.25, 0.3) is 0 Å². The van der Waals surface area contributed by atoms with Crippen LogP contribution in [0.15, 0.2) is 106 Å². The molecule has 0 saturated heterocycles. The SMILES string of the molecule is N#Cc1cccc2oc3cc4c(cc3c(=O)c12)C(=O)c1ccc(-n2c3ccccc3c3ccccc32)cc1-4. The molecule has 0 atom stereocenters. The van der Waals surface area contributed by atoms with Crippen LogP contribution >= 0.6 is 0 Å². The molecule has 0 aliphatic heterocycles. The zero-order valence-corrected chi connectivity index (χ0v) is 19.9. The van der Waals surface area contributed by atoms with Gasteiger partial charge in [-0.25, -0.2) is 0 Å². The molecule has 38 heavy (non-hydrogen) atoms. The summed E-state index contributed by atoms with van der Waals surface area (Å²) in [5.74, 6) is -0.126. The Balaban J connectivity index is 1.41. The van der Waals surface area contributed by atoms with Crippen molar-refractivity contribution in [2.45, 2.75) is 0 Å². The van der Waals surface area contributed by atoms with E-state index in [2.05, 4.69) is 34.9 Å². The van der Waals surface area contributed by atoms with Gasteiger partial charge in [-0.2, -0.15) is 5.26 Å². The number of fused-ring (bicyclic) bond motifs is 8. The summed E-state index contributed by atoms with van der Waals surface area (Å²) in [6.45, 7) is 0. The van der Waals surface area contributed by atoms with Crippen LogP contribution in [0.25, 0.3) is 60.6 Å². The fourth-order valence-electron chi connectivity index (χ4n) is 5.89. The van der Waals surface area contributed by atoms with Crippen molar-refractivity contribution in [1.29, 1.82) is 5.26 Å². The Kier molecular flexibility index (Phi) is 3.97. The monoisotopic (exact) mass is 488 g/mol. The number of para-hydroxylation sites is 2. The van der Waals surface area contributed by atoms with E-state index >= 15 is 0 Å². The van der Waals surface area contributed by atoms with E-state index < -0.39 is 0 Å². The zero-order valence-electron chi connectivity index (χ0n) is 19.9. The van der Waals surface area contributed by atoms with Gasteiger partial charge in [0.15, 0.2) is 5.78 Å². The molecule has 5 nitrogen and oxygen atoms in total. The summed E-state index contributed by atoms with van der Waals surface area (Å²) in [4.78, 5) is 26.8. The van der Waals surface area contributed by atoms with Crippen LogP contribution in [0.3, 0.4) is 0 Å². The second-order valence-electron chi connectivity index (χ2n) is 9.54. The number of carbonyl (C=O) groups excluding carboxylic acids is 1. The molecule has 0 radical (unpaired) electrons. The molecule has 2 heterocycles. The lowest BCUT2D eigenvalue weighted by Crippen LogP contribution is -2.05. The Morgan fingerprint density at radius 2 is 1.34 bits per heavy atom. The first kappa shape index (κ1) is 20.7. The Morgan fingerprint density at radius 3 is 2.08 bits per heavy atom. The Bertz CT molecular complexity index is 2240. The number of ketones is 1. The van der Waals surface area contributed by atoms with Gasteiger partial charge < -0.3 is 8.98 Å². The van der Waals surface area contributed by atoms with Crippen molar-refractivity contribution < 1.29 is 9.21 Å². The van der Waals surface area contributed by atoms with Crippen LogP contribution in [0.5, 0.6) is 0 Å². The summed E-state index contributed by atoms with van der Waals surface area (Å²) in [5.41, 5.74) is 6.40. The highest BCUT2D eigenvalue weighted by Crippen LogP contribution is 2.41. The average Bonchev–Trinajstić information content (AvgIpc) is 3.43. The molecule has 0 spiro atoms. The first-order valence-electron chi connectivity index (χ1n) is 12.3. The minimum atomic E-state index is -0.309. The Morgan fingerprint density at radius 1 is 0.632 bits per heavy atom. The molecule has 0 fully saturated rings. The number of hydrogen-bond donors (Lipinski definition) is 0. The molecule has 0 amide bonds. The standard InChI is InChI=1S/C33H16N2O3/c34-17-18-6-5-11-29-31(18)33(37)26-15-25-24(16-30(26)38-29)23-14-19(12-13-22(23)32(25)36)35-27-9-3-1-7-20(27)21-8-2-4-10-28(21)35/h1-16H. The van der Waals surface area contributed by atoms with Crippen LogP contribution in [0, 0.1) is 11.3 Å². The van der Waals surface area contributed by atoms with E-state index in [0.717, 1.165) is 38.6 Å². The summed E-state index contributed by atoms with van der Waals surface area (Å²) >= 11 is 0. The van der Waals surface area contributed by atoms with E-state index in [-0.39, 0.29) is 22.2 Å². The number of nitriles is 1. The van der Waals surface area contributed by atoms with Crippen LogP contribution in [-0.2, 0) is 0 Å². The molecule has 2 aromatic heterocycles. The molecule has 1 aliphatic rings. The summed E-state index contributed by atoms with van der Waals surface area (Å²) in [6, 6.07) is 32.9. The first-order chi connectivity index (χ1) is 18.6. The van der Waals surface area contributed by atoms with Gasteiger partial charge in [0.1, 0.15) is 17.2 Å². The van der Waals surface area contributed by atoms with Gasteiger partial charge in [-0.15, -0.1) is 0 Å². The predicted molar refractivity (Wildman–Crippen MR) is 148 cm³/mol. The molecule has 7 aromatic rings. The van der Waals surface area contributed by atoms with Gasteiger partial charge in [-0.05, 0) is 65.7 Å². The fourth-order valence-corrected chi connectivity index (χ4v) is 5.89. The maximum atomic E-state index is 13.5. The molecular formula is C33H16N2O3. The molecular weight excluding hydrogens is 472 g/mol. The van der Waals surface area contributed by atoms with Gasteiger partial charge in [0, 0.05) is 27.6 Å². The lowest BCUT2D eigenvalue weighted by atomic mass is 10.0. The van der Waals surface area contributed by atoms with Crippen molar-refractivity contribution in [3.63, 3.8) is 0 Å². The second kappa shape index (κ2) is 7.28. The van der Waals surface area contributed by atoms with Crippen LogP contribution in [0.4, 0.5) is 0 Å². The third-order valence-corrected chi connectivity index (χ3v) is 7.58. The molecule has 8 rings (SSSR count). The van der Waals surface area contributed by atoms with Crippen molar-refractivity contribution in [2.24, 2.45) is 0 Å². The number of rotatable bonds is 1. The van der Waals surface area contributed by atoms with E-state index in [1.54, 1.807) is 30.3 Å². The smallest absolute Gasteiger partial charge is 0.201 e. The van der Waals surface area contributed by atoms with Crippen LogP contribution in [0.1, 0.15) is 21.5 Å². The number of hydrogen-bond acceptors (Lipinski definition) is 4. The molecule has 0 bridgehead atoms. The highest BCUT2D eigenvalue weighted by molar-refractivity contribution is 6.23. The largest absolute Gasteiger partial charge is 0.456 e. The van der Waals surface area contributed by atoms with Crippen molar-refractivity contribution in [2.75, 3.05) is 0 Å². The fraction of sp³-hybridized carbons (Fsp3) is 0.